The molecule has 3 nitrogen and oxygen atoms in total. The molecular formula is C16H15ClN2O. The highest BCUT2D eigenvalue weighted by atomic mass is 35.5. The van der Waals surface area contributed by atoms with Crippen molar-refractivity contribution in [2.24, 2.45) is 5.10 Å². The smallest absolute Gasteiger partial charge is 0.118 e. The Bertz CT molecular complexity index is 637. The zero-order valence-corrected chi connectivity index (χ0v) is 11.9. The molecule has 1 aliphatic rings. The van der Waals surface area contributed by atoms with Crippen LogP contribution in [0.3, 0.4) is 0 Å². The second-order valence-corrected chi connectivity index (χ2v) is 5.10. The van der Waals surface area contributed by atoms with E-state index in [0.29, 0.717) is 0 Å². The summed E-state index contributed by atoms with van der Waals surface area (Å²) in [4.78, 5) is 0. The van der Waals surface area contributed by atoms with Crippen LogP contribution in [0, 0.1) is 0 Å². The molecule has 1 N–H and O–H groups in total. The highest BCUT2D eigenvalue weighted by Crippen LogP contribution is 2.29. The van der Waals surface area contributed by atoms with E-state index < -0.39 is 0 Å². The monoisotopic (exact) mass is 286 g/mol. The van der Waals surface area contributed by atoms with Gasteiger partial charge in [0.05, 0.1) is 18.9 Å². The van der Waals surface area contributed by atoms with Gasteiger partial charge in [0.25, 0.3) is 0 Å². The van der Waals surface area contributed by atoms with Crippen LogP contribution in [0.2, 0.25) is 5.02 Å². The molecule has 1 aliphatic heterocycles. The highest BCUT2D eigenvalue weighted by molar-refractivity contribution is 6.31. The third-order valence-electron chi connectivity index (χ3n) is 3.46. The minimum absolute atomic E-state index is 0.140. The maximum Gasteiger partial charge on any atom is 0.118 e. The molecule has 4 heteroatoms. The van der Waals surface area contributed by atoms with Gasteiger partial charge in [-0.2, -0.15) is 5.10 Å². The van der Waals surface area contributed by atoms with Crippen molar-refractivity contribution in [3.05, 3.63) is 64.7 Å². The number of rotatable bonds is 3. The summed E-state index contributed by atoms with van der Waals surface area (Å²) in [5.41, 5.74) is 6.39. The predicted molar refractivity (Wildman–Crippen MR) is 81.5 cm³/mol. The lowest BCUT2D eigenvalue weighted by Gasteiger charge is -2.11. The molecule has 0 radical (unpaired) electrons. The van der Waals surface area contributed by atoms with Crippen LogP contribution in [-0.2, 0) is 0 Å². The summed E-state index contributed by atoms with van der Waals surface area (Å²) in [6, 6.07) is 15.9. The number of hydrazone groups is 1. The van der Waals surface area contributed by atoms with Gasteiger partial charge in [0.2, 0.25) is 0 Å². The largest absolute Gasteiger partial charge is 0.497 e. The van der Waals surface area contributed by atoms with Crippen molar-refractivity contribution in [1.82, 2.24) is 5.43 Å². The normalized spacial score (nSPS) is 17.5. The summed E-state index contributed by atoms with van der Waals surface area (Å²) < 4.78 is 5.17. The third-order valence-corrected chi connectivity index (χ3v) is 3.80. The standard InChI is InChI=1S/C16H15ClN2O/c1-20-12-8-6-11(7-9-12)15-10-16(19-18-15)13-4-2-3-5-14(13)17/h2-9,16,19H,10H2,1H3. The Morgan fingerprint density at radius 2 is 1.90 bits per heavy atom. The number of hydrogen-bond acceptors (Lipinski definition) is 3. The maximum atomic E-state index is 6.23. The van der Waals surface area contributed by atoms with Gasteiger partial charge in [0, 0.05) is 11.4 Å². The fourth-order valence-corrected chi connectivity index (χ4v) is 2.61. The average Bonchev–Trinajstić information content (AvgIpc) is 2.97. The van der Waals surface area contributed by atoms with Crippen molar-refractivity contribution >= 4 is 17.3 Å². The Hall–Kier alpha value is -2.00. The summed E-state index contributed by atoms with van der Waals surface area (Å²) in [6.45, 7) is 0. The fraction of sp³-hybridized carbons (Fsp3) is 0.188. The van der Waals surface area contributed by atoms with Crippen LogP contribution < -0.4 is 10.2 Å². The number of nitrogens with zero attached hydrogens (tertiary/aromatic N) is 1. The molecular weight excluding hydrogens is 272 g/mol. The minimum Gasteiger partial charge on any atom is -0.497 e. The molecule has 2 aromatic rings. The summed E-state index contributed by atoms with van der Waals surface area (Å²) >= 11 is 6.23. The number of benzene rings is 2. The van der Waals surface area contributed by atoms with Crippen LogP contribution in [0.15, 0.2) is 53.6 Å². The van der Waals surface area contributed by atoms with E-state index >= 15 is 0 Å². The van der Waals surface area contributed by atoms with Crippen LogP contribution in [0.4, 0.5) is 0 Å². The van der Waals surface area contributed by atoms with Crippen LogP contribution in [0.25, 0.3) is 0 Å². The van der Waals surface area contributed by atoms with Crippen molar-refractivity contribution in [3.8, 4) is 5.75 Å². The number of halogens is 1. The molecule has 102 valence electrons. The number of methoxy groups -OCH3 is 1. The molecule has 0 spiro atoms. The first-order valence-corrected chi connectivity index (χ1v) is 6.86. The summed E-state index contributed by atoms with van der Waals surface area (Å²) in [5, 5.41) is 5.20. The van der Waals surface area contributed by atoms with Crippen molar-refractivity contribution in [1.29, 1.82) is 0 Å². The Kier molecular flexibility index (Phi) is 3.61. The third kappa shape index (κ3) is 2.49. The topological polar surface area (TPSA) is 33.6 Å². The van der Waals surface area contributed by atoms with Gasteiger partial charge >= 0.3 is 0 Å². The van der Waals surface area contributed by atoms with Gasteiger partial charge in [0.15, 0.2) is 0 Å². The van der Waals surface area contributed by atoms with Crippen LogP contribution >= 0.6 is 11.6 Å². The average molecular weight is 287 g/mol. The quantitative estimate of drug-likeness (QED) is 0.931. The Labute approximate surface area is 123 Å². The number of ether oxygens (including phenoxy) is 1. The van der Waals surface area contributed by atoms with Gasteiger partial charge in [-0.3, -0.25) is 0 Å². The minimum atomic E-state index is 0.140. The van der Waals surface area contributed by atoms with Gasteiger partial charge in [-0.1, -0.05) is 29.8 Å². The zero-order valence-electron chi connectivity index (χ0n) is 11.1. The SMILES string of the molecule is COc1ccc(C2=NNC(c3ccccc3Cl)C2)cc1. The molecule has 2 aromatic carbocycles. The summed E-state index contributed by atoms with van der Waals surface area (Å²) in [7, 11) is 1.66. The summed E-state index contributed by atoms with van der Waals surface area (Å²) in [6.07, 6.45) is 0.829. The van der Waals surface area contributed by atoms with Gasteiger partial charge in [-0.25, -0.2) is 0 Å². The van der Waals surface area contributed by atoms with Gasteiger partial charge in [-0.05, 0) is 41.5 Å². The van der Waals surface area contributed by atoms with E-state index in [1.165, 1.54) is 0 Å². The van der Waals surface area contributed by atoms with E-state index in [1.807, 2.05) is 48.5 Å². The van der Waals surface area contributed by atoms with Crippen LogP contribution in [0.1, 0.15) is 23.6 Å². The molecule has 1 atom stereocenters. The van der Waals surface area contributed by atoms with Gasteiger partial charge in [-0.15, -0.1) is 0 Å². The van der Waals surface area contributed by atoms with E-state index in [-0.39, 0.29) is 6.04 Å². The van der Waals surface area contributed by atoms with Crippen molar-refractivity contribution in [2.75, 3.05) is 7.11 Å². The lowest BCUT2D eigenvalue weighted by molar-refractivity contribution is 0.415. The van der Waals surface area contributed by atoms with E-state index in [0.717, 1.165) is 34.0 Å². The van der Waals surface area contributed by atoms with E-state index in [4.69, 9.17) is 16.3 Å². The molecule has 0 saturated heterocycles. The van der Waals surface area contributed by atoms with E-state index in [1.54, 1.807) is 7.11 Å². The zero-order chi connectivity index (χ0) is 13.9. The second kappa shape index (κ2) is 5.55. The lowest BCUT2D eigenvalue weighted by Crippen LogP contribution is -2.10. The fourth-order valence-electron chi connectivity index (χ4n) is 2.34. The Morgan fingerprint density at radius 1 is 1.15 bits per heavy atom. The van der Waals surface area contributed by atoms with E-state index in [9.17, 15) is 0 Å². The molecule has 0 aliphatic carbocycles. The maximum absolute atomic E-state index is 6.23. The predicted octanol–water partition coefficient (Wildman–Crippen LogP) is 3.79. The molecule has 0 aromatic heterocycles. The Balaban J connectivity index is 1.77. The molecule has 0 saturated carbocycles. The van der Waals surface area contributed by atoms with Crippen LogP contribution in [0.5, 0.6) is 5.75 Å². The number of nitrogens with one attached hydrogen (secondary N) is 1. The molecule has 0 bridgehead atoms. The van der Waals surface area contributed by atoms with Crippen LogP contribution in [-0.4, -0.2) is 12.8 Å². The summed E-state index contributed by atoms with van der Waals surface area (Å²) in [5.74, 6) is 0.850. The molecule has 3 rings (SSSR count). The molecule has 1 unspecified atom stereocenters. The van der Waals surface area contributed by atoms with Crippen molar-refractivity contribution in [2.45, 2.75) is 12.5 Å². The number of hydrogen-bond donors (Lipinski definition) is 1. The molecule has 0 amide bonds. The van der Waals surface area contributed by atoms with Crippen molar-refractivity contribution < 1.29 is 4.74 Å². The molecule has 20 heavy (non-hydrogen) atoms. The lowest BCUT2D eigenvalue weighted by atomic mass is 9.99. The van der Waals surface area contributed by atoms with E-state index in [2.05, 4.69) is 10.5 Å². The second-order valence-electron chi connectivity index (χ2n) is 4.69. The molecule has 0 fully saturated rings. The van der Waals surface area contributed by atoms with Crippen molar-refractivity contribution in [3.63, 3.8) is 0 Å². The molecule has 1 heterocycles. The Morgan fingerprint density at radius 3 is 2.60 bits per heavy atom. The first kappa shape index (κ1) is 13.0. The first-order chi connectivity index (χ1) is 9.78. The first-order valence-electron chi connectivity index (χ1n) is 6.49. The van der Waals surface area contributed by atoms with Gasteiger partial charge in [0.1, 0.15) is 5.75 Å². The highest BCUT2D eigenvalue weighted by Gasteiger charge is 2.22. The van der Waals surface area contributed by atoms with Gasteiger partial charge < -0.3 is 10.2 Å².